The molecule has 0 saturated carbocycles. The third-order valence-electron chi connectivity index (χ3n) is 3.20. The predicted octanol–water partition coefficient (Wildman–Crippen LogP) is 0.952. The van der Waals surface area contributed by atoms with Gasteiger partial charge in [-0.2, -0.15) is 0 Å². The van der Waals surface area contributed by atoms with Crippen LogP contribution in [0.25, 0.3) is 0 Å². The molecule has 1 aliphatic rings. The molecule has 0 bridgehead atoms. The van der Waals surface area contributed by atoms with Crippen molar-refractivity contribution in [3.63, 3.8) is 0 Å². The second kappa shape index (κ2) is 10.1. The average Bonchev–Trinajstić information content (AvgIpc) is 2.42. The van der Waals surface area contributed by atoms with Gasteiger partial charge in [0.2, 0.25) is 0 Å². The van der Waals surface area contributed by atoms with Crippen molar-refractivity contribution >= 4 is 36.0 Å². The van der Waals surface area contributed by atoms with Gasteiger partial charge in [0.15, 0.2) is 5.96 Å². The normalized spacial score (nSPS) is 16.8. The highest BCUT2D eigenvalue weighted by molar-refractivity contribution is 14.0. The maximum atomic E-state index is 12.0. The van der Waals surface area contributed by atoms with E-state index in [-0.39, 0.29) is 30.1 Å². The Hall–Kier alpha value is -0.770. The van der Waals surface area contributed by atoms with Gasteiger partial charge in [0.1, 0.15) is 5.60 Å². The van der Waals surface area contributed by atoms with Gasteiger partial charge < -0.3 is 20.3 Å². The summed E-state index contributed by atoms with van der Waals surface area (Å²) in [6, 6.07) is 0. The summed E-state index contributed by atoms with van der Waals surface area (Å²) < 4.78 is 5.39. The van der Waals surface area contributed by atoms with Crippen LogP contribution in [0.4, 0.5) is 4.79 Å². The second-order valence-electron chi connectivity index (χ2n) is 6.06. The van der Waals surface area contributed by atoms with Crippen molar-refractivity contribution in [2.75, 3.05) is 53.4 Å². The van der Waals surface area contributed by atoms with Gasteiger partial charge in [0.05, 0.1) is 0 Å². The Morgan fingerprint density at radius 2 is 1.82 bits per heavy atom. The second-order valence-corrected chi connectivity index (χ2v) is 6.06. The van der Waals surface area contributed by atoms with E-state index in [9.17, 15) is 4.79 Å². The van der Waals surface area contributed by atoms with Crippen LogP contribution in [0.1, 0.15) is 20.8 Å². The topological polar surface area (TPSA) is 69.2 Å². The molecule has 0 aromatic rings. The molecule has 1 aliphatic heterocycles. The molecule has 0 atom stereocenters. The largest absolute Gasteiger partial charge is 0.444 e. The number of halogens is 1. The number of hydrogen-bond acceptors (Lipinski definition) is 4. The van der Waals surface area contributed by atoms with Crippen LogP contribution in [0.2, 0.25) is 0 Å². The number of hydrogen-bond donors (Lipinski definition) is 2. The van der Waals surface area contributed by atoms with Gasteiger partial charge in [-0.3, -0.25) is 9.89 Å². The maximum absolute atomic E-state index is 12.0. The van der Waals surface area contributed by atoms with Crippen molar-refractivity contribution in [1.82, 2.24) is 20.4 Å². The van der Waals surface area contributed by atoms with Crippen LogP contribution in [-0.2, 0) is 4.74 Å². The molecule has 0 unspecified atom stereocenters. The van der Waals surface area contributed by atoms with Gasteiger partial charge >= 0.3 is 6.09 Å². The molecule has 8 heteroatoms. The molecule has 0 spiro atoms. The molecule has 1 heterocycles. The molecule has 2 N–H and O–H groups in total. The van der Waals surface area contributed by atoms with Crippen molar-refractivity contribution in [2.45, 2.75) is 26.4 Å². The van der Waals surface area contributed by atoms with Crippen LogP contribution in [0.15, 0.2) is 4.99 Å². The fraction of sp³-hybridized carbons (Fsp3) is 0.857. The molecular weight excluding hydrogens is 397 g/mol. The van der Waals surface area contributed by atoms with Crippen LogP contribution in [-0.4, -0.2) is 80.8 Å². The van der Waals surface area contributed by atoms with E-state index in [0.717, 1.165) is 45.2 Å². The first-order chi connectivity index (χ1) is 9.85. The van der Waals surface area contributed by atoms with Crippen LogP contribution in [0, 0.1) is 0 Å². The van der Waals surface area contributed by atoms with E-state index in [0.29, 0.717) is 0 Å². The van der Waals surface area contributed by atoms with Gasteiger partial charge in [0.25, 0.3) is 0 Å². The zero-order chi connectivity index (χ0) is 15.9. The molecule has 0 aromatic carbocycles. The number of piperazine rings is 1. The summed E-state index contributed by atoms with van der Waals surface area (Å²) in [5, 5.41) is 6.21. The average molecular weight is 427 g/mol. The monoisotopic (exact) mass is 427 g/mol. The number of nitrogens with zero attached hydrogens (tertiary/aromatic N) is 3. The van der Waals surface area contributed by atoms with Gasteiger partial charge in [-0.25, -0.2) is 4.79 Å². The molecule has 22 heavy (non-hydrogen) atoms. The van der Waals surface area contributed by atoms with Crippen molar-refractivity contribution in [3.05, 3.63) is 0 Å². The van der Waals surface area contributed by atoms with Crippen LogP contribution < -0.4 is 10.6 Å². The summed E-state index contributed by atoms with van der Waals surface area (Å²) in [4.78, 5) is 20.1. The lowest BCUT2D eigenvalue weighted by Gasteiger charge is -2.35. The minimum absolute atomic E-state index is 0. The molecule has 1 fully saturated rings. The lowest BCUT2D eigenvalue weighted by Crippen LogP contribution is -2.51. The van der Waals surface area contributed by atoms with Gasteiger partial charge in [-0.1, -0.05) is 0 Å². The van der Waals surface area contributed by atoms with Gasteiger partial charge in [-0.05, 0) is 20.8 Å². The third kappa shape index (κ3) is 8.02. The smallest absolute Gasteiger partial charge is 0.410 e. The molecule has 0 aliphatic carbocycles. The third-order valence-corrected chi connectivity index (χ3v) is 3.20. The molecule has 1 saturated heterocycles. The Bertz CT molecular complexity index is 363. The lowest BCUT2D eigenvalue weighted by atomic mass is 10.2. The van der Waals surface area contributed by atoms with E-state index in [2.05, 4.69) is 20.5 Å². The van der Waals surface area contributed by atoms with E-state index in [1.54, 1.807) is 11.9 Å². The van der Waals surface area contributed by atoms with Crippen LogP contribution in [0.5, 0.6) is 0 Å². The Morgan fingerprint density at radius 1 is 1.23 bits per heavy atom. The minimum atomic E-state index is -0.429. The van der Waals surface area contributed by atoms with Crippen molar-refractivity contribution in [2.24, 2.45) is 4.99 Å². The number of carbonyl (C=O) groups excluding carboxylic acids is 1. The summed E-state index contributed by atoms with van der Waals surface area (Å²) in [5.74, 6) is 0.794. The first-order valence-corrected chi connectivity index (χ1v) is 7.44. The number of guanidine groups is 1. The molecular formula is C14H30IN5O2. The van der Waals surface area contributed by atoms with Crippen molar-refractivity contribution in [1.29, 1.82) is 0 Å². The number of carbonyl (C=O) groups is 1. The van der Waals surface area contributed by atoms with E-state index < -0.39 is 5.60 Å². The van der Waals surface area contributed by atoms with Gasteiger partial charge in [0, 0.05) is 53.4 Å². The fourth-order valence-electron chi connectivity index (χ4n) is 2.09. The Morgan fingerprint density at radius 3 is 2.27 bits per heavy atom. The number of rotatable bonds is 3. The van der Waals surface area contributed by atoms with Crippen molar-refractivity contribution < 1.29 is 9.53 Å². The lowest BCUT2D eigenvalue weighted by molar-refractivity contribution is 0.0147. The van der Waals surface area contributed by atoms with E-state index in [1.165, 1.54) is 0 Å². The van der Waals surface area contributed by atoms with Crippen LogP contribution >= 0.6 is 24.0 Å². The standard InChI is InChI=1S/C14H29N5O2.HI/c1-14(2,3)21-13(20)19-10-8-18(9-11-19)7-6-17-12(15-4)16-5;/h6-11H2,1-5H3,(H2,15,16,17);1H. The highest BCUT2D eigenvalue weighted by atomic mass is 127. The Labute approximate surface area is 150 Å². The number of aliphatic imine (C=N–C) groups is 1. The van der Waals surface area contributed by atoms with Crippen molar-refractivity contribution in [3.8, 4) is 0 Å². The molecule has 130 valence electrons. The quantitative estimate of drug-likeness (QED) is 0.399. The SMILES string of the molecule is CN=C(NC)NCCN1CCN(C(=O)OC(C)(C)C)CC1.I. The Balaban J connectivity index is 0.00000441. The molecule has 1 rings (SSSR count). The minimum Gasteiger partial charge on any atom is -0.444 e. The highest BCUT2D eigenvalue weighted by Crippen LogP contribution is 2.11. The predicted molar refractivity (Wildman–Crippen MR) is 100 cm³/mol. The summed E-state index contributed by atoms with van der Waals surface area (Å²) in [5.41, 5.74) is -0.429. The first kappa shape index (κ1) is 21.2. The van der Waals surface area contributed by atoms with E-state index >= 15 is 0 Å². The summed E-state index contributed by atoms with van der Waals surface area (Å²) in [6.07, 6.45) is -0.212. The van der Waals surface area contributed by atoms with E-state index in [1.807, 2.05) is 27.8 Å². The highest BCUT2D eigenvalue weighted by Gasteiger charge is 2.25. The fourth-order valence-corrected chi connectivity index (χ4v) is 2.09. The number of amides is 1. The summed E-state index contributed by atoms with van der Waals surface area (Å²) in [7, 11) is 3.59. The molecule has 1 amide bonds. The zero-order valence-corrected chi connectivity index (χ0v) is 16.6. The number of nitrogens with one attached hydrogen (secondary N) is 2. The summed E-state index contributed by atoms with van der Waals surface area (Å²) >= 11 is 0. The van der Waals surface area contributed by atoms with E-state index in [4.69, 9.17) is 4.74 Å². The molecule has 0 aromatic heterocycles. The molecule has 0 radical (unpaired) electrons. The summed E-state index contributed by atoms with van der Waals surface area (Å²) in [6.45, 7) is 10.6. The van der Waals surface area contributed by atoms with Crippen LogP contribution in [0.3, 0.4) is 0 Å². The zero-order valence-electron chi connectivity index (χ0n) is 14.3. The van der Waals surface area contributed by atoms with Gasteiger partial charge in [-0.15, -0.1) is 24.0 Å². The molecule has 7 nitrogen and oxygen atoms in total. The Kier molecular flexibility index (Phi) is 9.74. The maximum Gasteiger partial charge on any atom is 0.410 e. The first-order valence-electron chi connectivity index (χ1n) is 7.44. The number of ether oxygens (including phenoxy) is 1.